The number of hydrogen-bond acceptors (Lipinski definition) is 2. The first-order valence-corrected chi connectivity index (χ1v) is 70.5. The summed E-state index contributed by atoms with van der Waals surface area (Å²) in [4.78, 5) is 4.99. The van der Waals surface area contributed by atoms with Crippen molar-refractivity contribution in [3.05, 3.63) is 483 Å². The zero-order valence-electron chi connectivity index (χ0n) is 91.4. The van der Waals surface area contributed by atoms with Gasteiger partial charge in [0.05, 0.1) is 21.3 Å². The molecule has 0 amide bonds. The Kier molecular flexibility index (Phi) is 49.0. The number of anilines is 2. The first kappa shape index (κ1) is 128. The Morgan fingerprint density at radius 2 is 0.593 bits per heavy atom. The van der Waals surface area contributed by atoms with Crippen molar-refractivity contribution in [2.24, 2.45) is 10.8 Å². The minimum atomic E-state index is -3.67. The topological polar surface area (TPSA) is 23.6 Å². The number of nitrogens with zero attached hydrogens (tertiary/aromatic N) is 4. The second-order valence-corrected chi connectivity index (χ2v) is 69.2. The van der Waals surface area contributed by atoms with E-state index in [1.165, 1.54) is 162 Å². The van der Waals surface area contributed by atoms with Gasteiger partial charge < -0.3 is 19.2 Å². The van der Waals surface area contributed by atoms with E-state index < -0.39 is 66.9 Å². The van der Waals surface area contributed by atoms with Gasteiger partial charge in [0.2, 0.25) is 5.69 Å². The second kappa shape index (κ2) is 57.3. The molecule has 20 heteroatoms. The maximum atomic E-state index is 9.67. The molecule has 2 aliphatic carbocycles. The van der Waals surface area contributed by atoms with Crippen molar-refractivity contribution in [1.82, 2.24) is 0 Å². The summed E-state index contributed by atoms with van der Waals surface area (Å²) < 4.78 is 38.5. The molecule has 1 atom stereocenters. The number of halogens is 8. The molecule has 2 saturated heterocycles. The molecule has 2 fully saturated rings. The predicted octanol–water partition coefficient (Wildman–Crippen LogP) is 29.5. The minimum absolute atomic E-state index is 0. The fourth-order valence-electron chi connectivity index (χ4n) is 21.7. The molecule has 0 saturated carbocycles. The molecule has 0 bridgehead atoms. The summed E-state index contributed by atoms with van der Waals surface area (Å²) in [6, 6.07) is 127. The molecule has 0 N–H and O–H groups in total. The SMILES string of the molecule is C.C.Cc1cc(C)c(N2[CH-]C(C)(C)CC2(C)C)c(C)c1.Cc1cc(C)c(N2[CH-]C(C)(C)CC2(C)C)c(C)c1.Cc1cc(C)c([N+]2=CC(C)(c3ccccc3)CC2(C)C)c(C)c1.FB(F)F.[CH2+][Si](C)(C)[N-][Si](C)(C)C.[Cl][Ru]([Cl])=[C]1C=C(c2ccccc2)c2ccccc21.[Cl][Ru]([Cl])=[C]1C=C(c2ccccc2)c2ccccc21.[F-].[Li+].c1ccc([PH+](c2ccccc2)c2ccccc2)cc1.c1ccc([PH+](c2ccccc2)c2ccccc2)cc1. The fraction of sp³-hybridized carbons (Fsp3) is 0.277. The number of benzene rings is 14. The van der Waals surface area contributed by atoms with Crippen LogP contribution in [0, 0.1) is 92.8 Å². The van der Waals surface area contributed by atoms with E-state index in [1.807, 2.05) is 48.5 Å². The van der Waals surface area contributed by atoms with Crippen molar-refractivity contribution in [3.63, 3.8) is 0 Å². The molecule has 14 aromatic carbocycles. The molecule has 1 unspecified atom stereocenters. The van der Waals surface area contributed by atoms with Crippen LogP contribution in [-0.4, -0.2) is 59.6 Å². The zero-order chi connectivity index (χ0) is 106. The van der Waals surface area contributed by atoms with E-state index in [9.17, 15) is 12.9 Å². The van der Waals surface area contributed by atoms with Crippen LogP contribution in [0.3, 0.4) is 0 Å². The molecule has 0 radical (unpaired) electrons. The summed E-state index contributed by atoms with van der Waals surface area (Å²) in [5.41, 5.74) is 28.8. The third kappa shape index (κ3) is 36.0. The van der Waals surface area contributed by atoms with E-state index in [2.05, 4.69) is 533 Å². The number of aryl methyl sites for hydroxylation is 9. The van der Waals surface area contributed by atoms with Gasteiger partial charge in [0.15, 0.2) is 20.0 Å². The average molecular weight is 2330 g/mol. The van der Waals surface area contributed by atoms with Gasteiger partial charge in [-0.1, -0.05) is 264 Å². The first-order chi connectivity index (χ1) is 68.9. The van der Waals surface area contributed by atoms with E-state index >= 15 is 0 Å². The molecule has 3 aliphatic heterocycles. The Morgan fingerprint density at radius 3 is 0.820 bits per heavy atom. The number of rotatable bonds is 14. The van der Waals surface area contributed by atoms with Crippen molar-refractivity contribution in [2.75, 3.05) is 9.80 Å². The van der Waals surface area contributed by atoms with Gasteiger partial charge >= 0.3 is 266 Å². The maximum absolute atomic E-state index is 9.67. The first-order valence-electron chi connectivity index (χ1n) is 50.2. The van der Waals surface area contributed by atoms with Crippen molar-refractivity contribution >= 4 is 153 Å². The monoisotopic (exact) mass is 2330 g/mol. The zero-order valence-corrected chi connectivity index (χ0v) is 102. The number of allylic oxidation sites excluding steroid dienone is 2. The van der Waals surface area contributed by atoms with Crippen LogP contribution in [0.15, 0.2) is 370 Å². The molecular weight excluding hydrogens is 2170 g/mol. The average Bonchev–Trinajstić information content (AvgIpc) is 1.61. The smallest absolute Gasteiger partial charge is 1.00 e. The molecule has 0 spiro atoms. The quantitative estimate of drug-likeness (QED) is 0.0356. The number of hydrogen-bond donors (Lipinski definition) is 0. The van der Waals surface area contributed by atoms with Crippen LogP contribution >= 0.6 is 54.6 Å². The van der Waals surface area contributed by atoms with Crippen LogP contribution in [0.5, 0.6) is 0 Å². The van der Waals surface area contributed by atoms with Crippen molar-refractivity contribution < 1.29 is 68.1 Å². The Bertz CT molecular complexity index is 6240. The van der Waals surface area contributed by atoms with Gasteiger partial charge in [0.1, 0.15) is 31.8 Å². The summed E-state index contributed by atoms with van der Waals surface area (Å²) in [5, 5.41) is 8.61. The van der Waals surface area contributed by atoms with Crippen molar-refractivity contribution in [3.8, 4) is 0 Å². The Hall–Kier alpha value is -8.52. The van der Waals surface area contributed by atoms with Gasteiger partial charge in [0, 0.05) is 53.8 Å². The summed E-state index contributed by atoms with van der Waals surface area (Å²) in [6.45, 7) is 65.7. The standard InChI is InChI=1S/C22H28N.2C18H15P.2C17H26N.2C15H10.C6H17NSi2.2CH4.BF3.4ClH.FH.Li.2Ru/c1-16-12-17(2)20(18(3)13-16)23-15-22(6,14-21(23,4)5)19-10-8-7-9-11-19;2*1-4-10-16(11-5-1)19(17-12-6-2-7-13-17)18-14-8-3-9-15-18;2*1-12-8-13(2)15(14(3)9-12)18-11-16(4,5)10-17(18,6)7;2*1-2-6-12(7-3-1)15-11-10-13-8-4-5-9-14(13)15;1-8(2,3)7-9(4,5)6;;;2-1(3)4;;;;;;;;/h7-13,15H,14H2,1-6H3;2*1-15H;2*8-9,11H,10H2,1-7H3;2*1-9,11H;1H2,2-6H3;2*1H4;;5*1H;;;/q+1;;;2*-1;;;;;;;;;;;;+1;2*+2/p-3. The van der Waals surface area contributed by atoms with E-state index in [0.29, 0.717) is 0 Å². The van der Waals surface area contributed by atoms with E-state index in [-0.39, 0.29) is 71.3 Å². The van der Waals surface area contributed by atoms with Crippen LogP contribution in [0.4, 0.5) is 30.0 Å². The summed E-state index contributed by atoms with van der Waals surface area (Å²) in [6.07, 6.45) is 10.3. The molecule has 0 aromatic heterocycles. The third-order valence-electron chi connectivity index (χ3n) is 25.9. The van der Waals surface area contributed by atoms with Gasteiger partial charge in [-0.15, -0.1) is 10.8 Å². The third-order valence-corrected chi connectivity index (χ3v) is 42.7. The van der Waals surface area contributed by atoms with E-state index in [4.69, 9.17) is 43.4 Å². The second-order valence-electron chi connectivity index (χ2n) is 43.7. The van der Waals surface area contributed by atoms with Crippen molar-refractivity contribution in [2.45, 2.75) is 227 Å². The van der Waals surface area contributed by atoms with E-state index in [0.717, 1.165) is 14.6 Å². The van der Waals surface area contributed by atoms with Gasteiger partial charge in [0.25, 0.3) is 0 Å². The molecule has 790 valence electrons. The number of fused-ring (bicyclic) bond motifs is 2. The van der Waals surface area contributed by atoms with Gasteiger partial charge in [-0.05, 0) is 229 Å². The van der Waals surface area contributed by atoms with Gasteiger partial charge in [-0.2, -0.15) is 4.58 Å². The van der Waals surface area contributed by atoms with Crippen LogP contribution in [0.25, 0.3) is 15.8 Å². The molecule has 150 heavy (non-hydrogen) atoms. The normalized spacial score (nSPS) is 15.8. The van der Waals surface area contributed by atoms with Crippen LogP contribution < -0.4 is 65.2 Å². The van der Waals surface area contributed by atoms with Gasteiger partial charge in [-0.25, -0.2) is 13.1 Å². The Morgan fingerprint density at radius 1 is 0.360 bits per heavy atom. The summed E-state index contributed by atoms with van der Waals surface area (Å²) >= 11 is -3.76. The van der Waals surface area contributed by atoms with E-state index in [1.54, 1.807) is 0 Å². The molecule has 14 aromatic rings. The van der Waals surface area contributed by atoms with Crippen LogP contribution in [0.1, 0.15) is 199 Å². The van der Waals surface area contributed by atoms with Crippen LogP contribution in [0.2, 0.25) is 32.7 Å². The summed E-state index contributed by atoms with van der Waals surface area (Å²) in [7, 11) is 16.8. The molecule has 3 heterocycles. The van der Waals surface area contributed by atoms with Gasteiger partial charge in [-0.3, -0.25) is 12.9 Å². The maximum Gasteiger partial charge on any atom is 1.00 e. The molecule has 5 aliphatic rings. The fourth-order valence-corrected chi connectivity index (χ4v) is 39.0. The van der Waals surface area contributed by atoms with Crippen molar-refractivity contribution in [1.29, 1.82) is 0 Å². The molecular formula is C130H157BCl4F4LiN4P2Ru2Si2+. The minimum Gasteiger partial charge on any atom is -1.00 e. The summed E-state index contributed by atoms with van der Waals surface area (Å²) in [5.74, 6) is 0. The van der Waals surface area contributed by atoms with Crippen LogP contribution in [-0.2, 0) is 32.5 Å². The Labute approximate surface area is 943 Å². The largest absolute Gasteiger partial charge is 1.00 e. The predicted molar refractivity (Wildman–Crippen MR) is 656 cm³/mol. The molecule has 4 nitrogen and oxygen atoms in total. The molecule has 19 rings (SSSR count). The Balaban J connectivity index is 0.000000231.